The van der Waals surface area contributed by atoms with E-state index < -0.39 is 0 Å². The predicted octanol–water partition coefficient (Wildman–Crippen LogP) is 3.53. The standard InChI is InChI=1S/C8H6Br2/c1-6-3-2-4-7(5-6)8(9)10/h1-5,8H. The third kappa shape index (κ3) is 2.10. The molecule has 0 saturated carbocycles. The number of hydrogen-bond donors (Lipinski definition) is 0. The third-order valence-corrected chi connectivity index (χ3v) is 2.22. The molecule has 0 nitrogen and oxygen atoms in total. The van der Waals surface area contributed by atoms with Gasteiger partial charge in [0.15, 0.2) is 0 Å². The quantitative estimate of drug-likeness (QED) is 0.679. The highest BCUT2D eigenvalue weighted by Crippen LogP contribution is 2.28. The lowest BCUT2D eigenvalue weighted by Gasteiger charge is -2.01. The lowest BCUT2D eigenvalue weighted by molar-refractivity contribution is 1.40. The van der Waals surface area contributed by atoms with Gasteiger partial charge in [-0.3, -0.25) is 0 Å². The average Bonchev–Trinajstić information content (AvgIpc) is 1.88. The highest BCUT2D eigenvalue weighted by Gasteiger charge is 1.99. The maximum Gasteiger partial charge on any atom is 0.0946 e. The smallest absolute Gasteiger partial charge is 0.0712 e. The predicted molar refractivity (Wildman–Crippen MR) is 50.4 cm³/mol. The van der Waals surface area contributed by atoms with E-state index in [9.17, 15) is 0 Å². The van der Waals surface area contributed by atoms with Crippen LogP contribution < -0.4 is 0 Å². The van der Waals surface area contributed by atoms with Crippen molar-refractivity contribution in [3.05, 3.63) is 42.3 Å². The molecule has 0 saturated heterocycles. The van der Waals surface area contributed by atoms with Gasteiger partial charge in [0, 0.05) is 0 Å². The van der Waals surface area contributed by atoms with Crippen molar-refractivity contribution in [1.82, 2.24) is 0 Å². The second kappa shape index (κ2) is 3.54. The molecule has 0 aromatic heterocycles. The highest BCUT2D eigenvalue weighted by atomic mass is 79.9. The van der Waals surface area contributed by atoms with E-state index in [1.807, 2.05) is 24.3 Å². The third-order valence-electron chi connectivity index (χ3n) is 1.16. The Labute approximate surface area is 77.9 Å². The van der Waals surface area contributed by atoms with E-state index in [1.165, 1.54) is 0 Å². The molecule has 0 heterocycles. The number of alkyl halides is 2. The molecular formula is C8H6Br2. The zero-order chi connectivity index (χ0) is 7.56. The second-order valence-corrected chi connectivity index (χ2v) is 5.03. The van der Waals surface area contributed by atoms with Gasteiger partial charge in [-0.2, -0.15) is 0 Å². The van der Waals surface area contributed by atoms with Crippen molar-refractivity contribution in [3.63, 3.8) is 0 Å². The number of benzene rings is 1. The molecule has 1 aromatic carbocycles. The van der Waals surface area contributed by atoms with Crippen LogP contribution in [0.2, 0.25) is 0 Å². The molecule has 0 aliphatic heterocycles. The molecule has 0 N–H and O–H groups in total. The second-order valence-electron chi connectivity index (χ2n) is 1.97. The van der Waals surface area contributed by atoms with Crippen LogP contribution >= 0.6 is 31.9 Å². The molecule has 0 amide bonds. The minimum absolute atomic E-state index is 0.198. The summed E-state index contributed by atoms with van der Waals surface area (Å²) >= 11 is 6.76. The van der Waals surface area contributed by atoms with Crippen LogP contribution in [-0.4, -0.2) is 0 Å². The molecule has 1 rings (SSSR count). The summed E-state index contributed by atoms with van der Waals surface area (Å²) in [6.45, 7) is 5.55. The lowest BCUT2D eigenvalue weighted by atomic mass is 10.2. The Morgan fingerprint density at radius 3 is 2.40 bits per heavy atom. The van der Waals surface area contributed by atoms with E-state index in [0.717, 1.165) is 11.1 Å². The summed E-state index contributed by atoms with van der Waals surface area (Å²) in [5.41, 5.74) is 1.93. The van der Waals surface area contributed by atoms with Crippen molar-refractivity contribution in [2.75, 3.05) is 0 Å². The van der Waals surface area contributed by atoms with E-state index in [0.29, 0.717) is 0 Å². The number of halogens is 2. The monoisotopic (exact) mass is 260 g/mol. The molecule has 0 atom stereocenters. The van der Waals surface area contributed by atoms with Crippen molar-refractivity contribution >= 4 is 31.9 Å². The molecule has 2 heteroatoms. The maximum absolute atomic E-state index is 5.55. The van der Waals surface area contributed by atoms with E-state index >= 15 is 0 Å². The molecule has 2 radical (unpaired) electrons. The van der Waals surface area contributed by atoms with E-state index in [-0.39, 0.29) is 3.74 Å². The molecule has 0 unspecified atom stereocenters. The molecule has 10 heavy (non-hydrogen) atoms. The maximum atomic E-state index is 5.55. The van der Waals surface area contributed by atoms with Crippen molar-refractivity contribution in [2.45, 2.75) is 3.74 Å². The summed E-state index contributed by atoms with van der Waals surface area (Å²) in [5, 5.41) is 0. The van der Waals surface area contributed by atoms with Crippen molar-refractivity contribution in [3.8, 4) is 0 Å². The van der Waals surface area contributed by atoms with Gasteiger partial charge in [-0.05, 0) is 18.1 Å². The van der Waals surface area contributed by atoms with Gasteiger partial charge < -0.3 is 0 Å². The molecule has 52 valence electrons. The van der Waals surface area contributed by atoms with Crippen molar-refractivity contribution < 1.29 is 0 Å². The van der Waals surface area contributed by atoms with Crippen LogP contribution in [0.5, 0.6) is 0 Å². The zero-order valence-corrected chi connectivity index (χ0v) is 8.39. The minimum Gasteiger partial charge on any atom is -0.0712 e. The first-order valence-electron chi connectivity index (χ1n) is 2.84. The van der Waals surface area contributed by atoms with Crippen molar-refractivity contribution in [1.29, 1.82) is 0 Å². The SMILES string of the molecule is [CH]c1cccc(C(Br)Br)c1. The van der Waals surface area contributed by atoms with Gasteiger partial charge in [0.05, 0.1) is 3.74 Å². The van der Waals surface area contributed by atoms with Gasteiger partial charge in [-0.15, -0.1) is 0 Å². The summed E-state index contributed by atoms with van der Waals surface area (Å²) in [7, 11) is 0. The zero-order valence-electron chi connectivity index (χ0n) is 5.22. The van der Waals surface area contributed by atoms with Crippen molar-refractivity contribution in [2.24, 2.45) is 0 Å². The normalized spacial score (nSPS) is 10.4. The van der Waals surface area contributed by atoms with Crippen LogP contribution in [0.3, 0.4) is 0 Å². The Hall–Kier alpha value is 0.180. The van der Waals surface area contributed by atoms with E-state index in [4.69, 9.17) is 6.92 Å². The Morgan fingerprint density at radius 2 is 2.00 bits per heavy atom. The Balaban J connectivity index is 2.96. The van der Waals surface area contributed by atoms with Gasteiger partial charge in [0.1, 0.15) is 0 Å². The first kappa shape index (κ1) is 8.28. The fourth-order valence-corrected chi connectivity index (χ4v) is 1.26. The van der Waals surface area contributed by atoms with Crippen LogP contribution in [0.25, 0.3) is 0 Å². The Kier molecular flexibility index (Phi) is 2.93. The molecule has 1 aromatic rings. The molecule has 0 bridgehead atoms. The molecule has 0 aliphatic rings. The van der Waals surface area contributed by atoms with Crippen LogP contribution in [0.4, 0.5) is 0 Å². The fourth-order valence-electron chi connectivity index (χ4n) is 0.695. The van der Waals surface area contributed by atoms with Crippen LogP contribution in [-0.2, 0) is 0 Å². The largest absolute Gasteiger partial charge is 0.0946 e. The first-order valence-corrected chi connectivity index (χ1v) is 4.67. The van der Waals surface area contributed by atoms with Gasteiger partial charge in [0.2, 0.25) is 0 Å². The molecule has 0 spiro atoms. The van der Waals surface area contributed by atoms with Crippen LogP contribution in [0.15, 0.2) is 24.3 Å². The summed E-state index contributed by atoms with van der Waals surface area (Å²) < 4.78 is 0.198. The van der Waals surface area contributed by atoms with Crippen LogP contribution in [0, 0.1) is 6.92 Å². The summed E-state index contributed by atoms with van der Waals surface area (Å²) in [6.07, 6.45) is 0. The lowest BCUT2D eigenvalue weighted by Crippen LogP contribution is -1.80. The van der Waals surface area contributed by atoms with Gasteiger partial charge >= 0.3 is 0 Å². The number of hydrogen-bond acceptors (Lipinski definition) is 0. The average molecular weight is 262 g/mol. The fraction of sp³-hybridized carbons (Fsp3) is 0.125. The Morgan fingerprint density at radius 1 is 1.30 bits per heavy atom. The highest BCUT2D eigenvalue weighted by molar-refractivity contribution is 9.24. The number of rotatable bonds is 1. The van der Waals surface area contributed by atoms with E-state index in [1.54, 1.807) is 0 Å². The van der Waals surface area contributed by atoms with Gasteiger partial charge in [-0.1, -0.05) is 56.1 Å². The summed E-state index contributed by atoms with van der Waals surface area (Å²) in [6, 6.07) is 7.73. The first-order chi connectivity index (χ1) is 4.70. The van der Waals surface area contributed by atoms with Gasteiger partial charge in [-0.25, -0.2) is 0 Å². The summed E-state index contributed by atoms with van der Waals surface area (Å²) in [4.78, 5) is 0. The molecule has 0 aliphatic carbocycles. The van der Waals surface area contributed by atoms with E-state index in [2.05, 4.69) is 31.9 Å². The Bertz CT molecular complexity index is 218. The van der Waals surface area contributed by atoms with Gasteiger partial charge in [0.25, 0.3) is 0 Å². The van der Waals surface area contributed by atoms with Crippen LogP contribution in [0.1, 0.15) is 14.9 Å². The molecule has 0 fully saturated rings. The topological polar surface area (TPSA) is 0 Å². The summed E-state index contributed by atoms with van der Waals surface area (Å²) in [5.74, 6) is 0. The minimum atomic E-state index is 0.198. The molecular weight excluding hydrogens is 256 g/mol.